The fourth-order valence-electron chi connectivity index (χ4n) is 1.78. The van der Waals surface area contributed by atoms with Gasteiger partial charge in [0.2, 0.25) is 0 Å². The van der Waals surface area contributed by atoms with Crippen LogP contribution in [0.15, 0.2) is 42.7 Å². The first-order valence-electron chi connectivity index (χ1n) is 5.75. The monoisotopic (exact) mass is 271 g/mol. The van der Waals surface area contributed by atoms with Gasteiger partial charge in [0.15, 0.2) is 10.9 Å². The summed E-state index contributed by atoms with van der Waals surface area (Å²) in [7, 11) is 0. The second-order valence-electron chi connectivity index (χ2n) is 4.03. The quantitative estimate of drug-likeness (QED) is 0.712. The van der Waals surface area contributed by atoms with E-state index in [0.717, 1.165) is 16.6 Å². The summed E-state index contributed by atoms with van der Waals surface area (Å²) in [6.07, 6.45) is 3.05. The third-order valence-electron chi connectivity index (χ3n) is 2.65. The molecule has 0 N–H and O–H groups in total. The molecular formula is C14H10ClN3O. The van der Waals surface area contributed by atoms with Crippen molar-refractivity contribution >= 4 is 22.5 Å². The second-order valence-corrected chi connectivity index (χ2v) is 4.39. The number of pyridine rings is 1. The molecular weight excluding hydrogens is 262 g/mol. The molecule has 1 aromatic carbocycles. The molecule has 5 heteroatoms. The molecule has 4 nitrogen and oxygen atoms in total. The number of fused-ring (bicyclic) bond motifs is 1. The highest BCUT2D eigenvalue weighted by molar-refractivity contribution is 6.30. The van der Waals surface area contributed by atoms with Gasteiger partial charge < -0.3 is 4.74 Å². The maximum Gasteiger partial charge on any atom is 0.257 e. The van der Waals surface area contributed by atoms with E-state index in [0.29, 0.717) is 5.75 Å². The van der Waals surface area contributed by atoms with Crippen LogP contribution in [-0.2, 0) is 0 Å². The van der Waals surface area contributed by atoms with Crippen molar-refractivity contribution in [1.29, 1.82) is 0 Å². The number of para-hydroxylation sites is 1. The minimum absolute atomic E-state index is 0.229. The summed E-state index contributed by atoms with van der Waals surface area (Å²) < 4.78 is 5.71. The third-order valence-corrected chi connectivity index (χ3v) is 2.91. The van der Waals surface area contributed by atoms with Crippen LogP contribution in [0.2, 0.25) is 5.15 Å². The van der Waals surface area contributed by atoms with Crippen molar-refractivity contribution in [3.8, 4) is 11.6 Å². The molecule has 0 spiro atoms. The lowest BCUT2D eigenvalue weighted by molar-refractivity contribution is 0.464. The molecule has 0 saturated carbocycles. The average molecular weight is 272 g/mol. The standard InChI is InChI=1S/C14H10ClN3O/c1-9-5-6-10-3-2-4-11(12(10)18-9)19-14-13(15)16-7-8-17-14/h2-8H,1H3. The van der Waals surface area contributed by atoms with Crippen molar-refractivity contribution < 1.29 is 4.74 Å². The van der Waals surface area contributed by atoms with Gasteiger partial charge in [-0.2, -0.15) is 0 Å². The zero-order valence-electron chi connectivity index (χ0n) is 10.2. The summed E-state index contributed by atoms with van der Waals surface area (Å²) >= 11 is 5.94. The molecule has 0 bridgehead atoms. The Morgan fingerprint density at radius 3 is 2.74 bits per heavy atom. The van der Waals surface area contributed by atoms with Crippen LogP contribution in [0.3, 0.4) is 0 Å². The largest absolute Gasteiger partial charge is 0.434 e. The van der Waals surface area contributed by atoms with E-state index >= 15 is 0 Å². The Labute approximate surface area is 115 Å². The summed E-state index contributed by atoms with van der Waals surface area (Å²) in [5, 5.41) is 1.23. The van der Waals surface area contributed by atoms with E-state index in [4.69, 9.17) is 16.3 Å². The highest BCUT2D eigenvalue weighted by Crippen LogP contribution is 2.30. The number of ether oxygens (including phenoxy) is 1. The Hall–Kier alpha value is -2.20. The van der Waals surface area contributed by atoms with Crippen LogP contribution in [0.5, 0.6) is 11.6 Å². The van der Waals surface area contributed by atoms with Crippen molar-refractivity contribution in [2.24, 2.45) is 0 Å². The summed E-state index contributed by atoms with van der Waals surface area (Å²) in [6, 6.07) is 9.68. The summed E-state index contributed by atoms with van der Waals surface area (Å²) in [5.41, 5.74) is 1.71. The molecule has 19 heavy (non-hydrogen) atoms. The number of halogens is 1. The lowest BCUT2D eigenvalue weighted by atomic mass is 10.2. The Morgan fingerprint density at radius 2 is 1.89 bits per heavy atom. The number of rotatable bonds is 2. The normalized spacial score (nSPS) is 10.6. The number of aryl methyl sites for hydroxylation is 1. The maximum atomic E-state index is 5.94. The molecule has 0 aliphatic carbocycles. The Kier molecular flexibility index (Phi) is 3.01. The van der Waals surface area contributed by atoms with E-state index < -0.39 is 0 Å². The van der Waals surface area contributed by atoms with Crippen LogP contribution in [0.4, 0.5) is 0 Å². The SMILES string of the molecule is Cc1ccc2cccc(Oc3nccnc3Cl)c2n1. The van der Waals surface area contributed by atoms with E-state index in [1.165, 1.54) is 12.4 Å². The number of benzene rings is 1. The Bertz CT molecular complexity index is 746. The predicted molar refractivity (Wildman–Crippen MR) is 73.6 cm³/mol. The topological polar surface area (TPSA) is 47.9 Å². The van der Waals surface area contributed by atoms with E-state index in [-0.39, 0.29) is 11.0 Å². The number of nitrogens with zero attached hydrogens (tertiary/aromatic N) is 3. The van der Waals surface area contributed by atoms with Crippen LogP contribution in [0.1, 0.15) is 5.69 Å². The van der Waals surface area contributed by atoms with Gasteiger partial charge in [-0.1, -0.05) is 29.8 Å². The van der Waals surface area contributed by atoms with Crippen LogP contribution >= 0.6 is 11.6 Å². The van der Waals surface area contributed by atoms with Gasteiger partial charge in [0.05, 0.1) is 0 Å². The molecule has 2 aromatic heterocycles. The van der Waals surface area contributed by atoms with Gasteiger partial charge in [-0.3, -0.25) is 0 Å². The van der Waals surface area contributed by atoms with E-state index in [9.17, 15) is 0 Å². The first-order chi connectivity index (χ1) is 9.24. The second kappa shape index (κ2) is 4.82. The van der Waals surface area contributed by atoms with Crippen molar-refractivity contribution in [2.75, 3.05) is 0 Å². The fraction of sp³-hybridized carbons (Fsp3) is 0.0714. The molecule has 0 atom stereocenters. The fourth-order valence-corrected chi connectivity index (χ4v) is 1.92. The van der Waals surface area contributed by atoms with Gasteiger partial charge >= 0.3 is 0 Å². The Morgan fingerprint density at radius 1 is 1.05 bits per heavy atom. The molecule has 0 aliphatic rings. The summed E-state index contributed by atoms with van der Waals surface area (Å²) in [4.78, 5) is 12.5. The highest BCUT2D eigenvalue weighted by Gasteiger charge is 2.09. The number of aromatic nitrogens is 3. The average Bonchev–Trinajstić information content (AvgIpc) is 2.42. The van der Waals surface area contributed by atoms with Gasteiger partial charge in [-0.25, -0.2) is 15.0 Å². The Balaban J connectivity index is 2.10. The molecule has 94 valence electrons. The summed E-state index contributed by atoms with van der Waals surface area (Å²) in [5.74, 6) is 0.892. The van der Waals surface area contributed by atoms with Crippen LogP contribution < -0.4 is 4.74 Å². The predicted octanol–water partition coefficient (Wildman–Crippen LogP) is 3.78. The van der Waals surface area contributed by atoms with Crippen molar-refractivity contribution in [2.45, 2.75) is 6.92 Å². The zero-order valence-corrected chi connectivity index (χ0v) is 10.9. The molecule has 0 radical (unpaired) electrons. The van der Waals surface area contributed by atoms with Crippen LogP contribution in [0, 0.1) is 6.92 Å². The lowest BCUT2D eigenvalue weighted by Gasteiger charge is -2.08. The molecule has 0 aliphatic heterocycles. The minimum Gasteiger partial charge on any atom is -0.434 e. The van der Waals surface area contributed by atoms with Gasteiger partial charge in [0.25, 0.3) is 5.88 Å². The smallest absolute Gasteiger partial charge is 0.257 e. The molecule has 3 aromatic rings. The molecule has 0 fully saturated rings. The van der Waals surface area contributed by atoms with E-state index in [2.05, 4.69) is 15.0 Å². The van der Waals surface area contributed by atoms with E-state index in [1.807, 2.05) is 37.3 Å². The first-order valence-corrected chi connectivity index (χ1v) is 6.12. The molecule has 3 rings (SSSR count). The van der Waals surface area contributed by atoms with Crippen molar-refractivity contribution in [3.05, 3.63) is 53.6 Å². The van der Waals surface area contributed by atoms with Gasteiger partial charge in [-0.05, 0) is 19.1 Å². The van der Waals surface area contributed by atoms with Crippen LogP contribution in [-0.4, -0.2) is 15.0 Å². The van der Waals surface area contributed by atoms with Gasteiger partial charge in [-0.15, -0.1) is 0 Å². The molecule has 0 unspecified atom stereocenters. The molecule has 2 heterocycles. The highest BCUT2D eigenvalue weighted by atomic mass is 35.5. The first kappa shape index (κ1) is 11.9. The van der Waals surface area contributed by atoms with E-state index in [1.54, 1.807) is 0 Å². The lowest BCUT2D eigenvalue weighted by Crippen LogP contribution is -1.93. The number of hydrogen-bond acceptors (Lipinski definition) is 4. The molecule has 0 saturated heterocycles. The third kappa shape index (κ3) is 2.35. The van der Waals surface area contributed by atoms with Gasteiger partial charge in [0, 0.05) is 23.5 Å². The minimum atomic E-state index is 0.229. The van der Waals surface area contributed by atoms with Crippen molar-refractivity contribution in [1.82, 2.24) is 15.0 Å². The van der Waals surface area contributed by atoms with Crippen LogP contribution in [0.25, 0.3) is 10.9 Å². The van der Waals surface area contributed by atoms with Crippen molar-refractivity contribution in [3.63, 3.8) is 0 Å². The molecule has 0 amide bonds. The summed E-state index contributed by atoms with van der Waals surface area (Å²) in [6.45, 7) is 1.94. The zero-order chi connectivity index (χ0) is 13.2. The van der Waals surface area contributed by atoms with Gasteiger partial charge in [0.1, 0.15) is 5.52 Å². The maximum absolute atomic E-state index is 5.94. The number of hydrogen-bond donors (Lipinski definition) is 0.